The van der Waals surface area contributed by atoms with E-state index in [1.165, 1.54) is 6.07 Å². The molecule has 6 nitrogen and oxygen atoms in total. The Morgan fingerprint density at radius 3 is 2.75 bits per heavy atom. The summed E-state index contributed by atoms with van der Waals surface area (Å²) >= 11 is 6.20. The van der Waals surface area contributed by atoms with E-state index in [-0.39, 0.29) is 11.4 Å². The molecule has 0 saturated carbocycles. The number of nitro benzene ring substituents is 1. The molecule has 2 rings (SSSR count). The summed E-state index contributed by atoms with van der Waals surface area (Å²) in [6, 6.07) is 3.24. The minimum atomic E-state index is -0.510. The third kappa shape index (κ3) is 2.81. The summed E-state index contributed by atoms with van der Waals surface area (Å²) in [4.78, 5) is 14.9. The highest BCUT2D eigenvalue weighted by molar-refractivity contribution is 6.33. The maximum absolute atomic E-state index is 10.9. The molecular formula is C13H19ClN4O2. The van der Waals surface area contributed by atoms with Gasteiger partial charge in [0.15, 0.2) is 0 Å². The second kappa shape index (κ2) is 5.85. The van der Waals surface area contributed by atoms with E-state index < -0.39 is 4.92 Å². The maximum Gasteiger partial charge on any atom is 0.293 e. The van der Waals surface area contributed by atoms with Crippen LogP contribution in [0.5, 0.6) is 0 Å². The Balaban J connectivity index is 2.29. The van der Waals surface area contributed by atoms with Crippen molar-refractivity contribution in [2.45, 2.75) is 19.9 Å². The number of benzene rings is 1. The van der Waals surface area contributed by atoms with Gasteiger partial charge >= 0.3 is 0 Å². The van der Waals surface area contributed by atoms with Gasteiger partial charge in [-0.25, -0.2) is 0 Å². The van der Waals surface area contributed by atoms with Gasteiger partial charge in [-0.2, -0.15) is 0 Å². The largest absolute Gasteiger partial charge is 0.393 e. The first-order valence-corrected chi connectivity index (χ1v) is 7.04. The molecular weight excluding hydrogens is 280 g/mol. The van der Waals surface area contributed by atoms with Crippen molar-refractivity contribution in [3.05, 3.63) is 27.3 Å². The fraction of sp³-hybridized carbons (Fsp3) is 0.538. The summed E-state index contributed by atoms with van der Waals surface area (Å²) in [5, 5.41) is 11.2. The summed E-state index contributed by atoms with van der Waals surface area (Å²) in [5.74, 6) is 0. The van der Waals surface area contributed by atoms with Gasteiger partial charge in [0, 0.05) is 31.7 Å². The molecule has 1 fully saturated rings. The fourth-order valence-corrected chi connectivity index (χ4v) is 2.89. The van der Waals surface area contributed by atoms with Crippen LogP contribution in [-0.2, 0) is 0 Å². The standard InChI is InChI=1S/C13H19ClN4O2/c1-3-16-4-5-17(9(2)8-16)12-7-11(15)13(18(19)20)6-10(12)14/h6-7,9H,3-5,8,15H2,1-2H3. The van der Waals surface area contributed by atoms with Crippen LogP contribution in [0.25, 0.3) is 0 Å². The summed E-state index contributed by atoms with van der Waals surface area (Å²) in [6.45, 7) is 8.02. The second-order valence-corrected chi connectivity index (χ2v) is 5.46. The smallest absolute Gasteiger partial charge is 0.293 e. The van der Waals surface area contributed by atoms with Gasteiger partial charge in [0.2, 0.25) is 0 Å². The number of hydrogen-bond acceptors (Lipinski definition) is 5. The van der Waals surface area contributed by atoms with E-state index in [2.05, 4.69) is 23.6 Å². The Labute approximate surface area is 123 Å². The first-order chi connectivity index (χ1) is 9.43. The predicted molar refractivity (Wildman–Crippen MR) is 81.4 cm³/mol. The van der Waals surface area contributed by atoms with Gasteiger partial charge in [0.05, 0.1) is 15.6 Å². The molecule has 1 heterocycles. The van der Waals surface area contributed by atoms with Crippen LogP contribution in [0.4, 0.5) is 17.1 Å². The number of nitrogens with zero attached hydrogens (tertiary/aromatic N) is 3. The minimum Gasteiger partial charge on any atom is -0.393 e. The average molecular weight is 299 g/mol. The third-order valence-electron chi connectivity index (χ3n) is 3.76. The molecule has 0 amide bonds. The van der Waals surface area contributed by atoms with Crippen LogP contribution in [0.3, 0.4) is 0 Å². The molecule has 0 aromatic heterocycles. The predicted octanol–water partition coefficient (Wildman–Crippen LogP) is 2.36. The van der Waals surface area contributed by atoms with Crippen LogP contribution in [0.15, 0.2) is 12.1 Å². The van der Waals surface area contributed by atoms with Crippen molar-refractivity contribution in [2.75, 3.05) is 36.8 Å². The van der Waals surface area contributed by atoms with Crippen LogP contribution in [0.1, 0.15) is 13.8 Å². The Bertz CT molecular complexity index is 523. The molecule has 0 radical (unpaired) electrons. The molecule has 2 N–H and O–H groups in total. The highest BCUT2D eigenvalue weighted by Crippen LogP contribution is 2.36. The molecule has 7 heteroatoms. The number of nitro groups is 1. The van der Waals surface area contributed by atoms with E-state index >= 15 is 0 Å². The number of rotatable bonds is 3. The maximum atomic E-state index is 10.9. The van der Waals surface area contributed by atoms with Crippen LogP contribution in [0, 0.1) is 10.1 Å². The van der Waals surface area contributed by atoms with Gasteiger partial charge in [0.1, 0.15) is 5.69 Å². The van der Waals surface area contributed by atoms with E-state index in [0.717, 1.165) is 31.9 Å². The SMILES string of the molecule is CCN1CCN(c2cc(N)c([N+](=O)[O-])cc2Cl)C(C)C1. The van der Waals surface area contributed by atoms with Gasteiger partial charge < -0.3 is 10.6 Å². The zero-order valence-electron chi connectivity index (χ0n) is 11.7. The molecule has 1 atom stereocenters. The van der Waals surface area contributed by atoms with Crippen LogP contribution in [0.2, 0.25) is 5.02 Å². The van der Waals surface area contributed by atoms with Gasteiger partial charge in [-0.1, -0.05) is 18.5 Å². The Morgan fingerprint density at radius 1 is 1.50 bits per heavy atom. The number of piperazine rings is 1. The second-order valence-electron chi connectivity index (χ2n) is 5.06. The normalized spacial score (nSPS) is 20.1. The van der Waals surface area contributed by atoms with Gasteiger partial charge in [0.25, 0.3) is 5.69 Å². The molecule has 1 aliphatic heterocycles. The van der Waals surface area contributed by atoms with E-state index in [9.17, 15) is 10.1 Å². The lowest BCUT2D eigenvalue weighted by atomic mass is 10.1. The highest BCUT2D eigenvalue weighted by atomic mass is 35.5. The van der Waals surface area contributed by atoms with E-state index in [0.29, 0.717) is 11.1 Å². The number of likely N-dealkylation sites (N-methyl/N-ethyl adjacent to an activating group) is 1. The van der Waals surface area contributed by atoms with Crippen LogP contribution >= 0.6 is 11.6 Å². The van der Waals surface area contributed by atoms with E-state index in [1.807, 2.05) is 0 Å². The Hall–Kier alpha value is -1.53. The van der Waals surface area contributed by atoms with Gasteiger partial charge in [-0.3, -0.25) is 15.0 Å². The number of nitrogen functional groups attached to an aromatic ring is 1. The zero-order chi connectivity index (χ0) is 14.9. The fourth-order valence-electron chi connectivity index (χ4n) is 2.62. The molecule has 0 bridgehead atoms. The summed E-state index contributed by atoms with van der Waals surface area (Å²) in [7, 11) is 0. The highest BCUT2D eigenvalue weighted by Gasteiger charge is 2.26. The van der Waals surface area contributed by atoms with Crippen molar-refractivity contribution >= 4 is 28.7 Å². The summed E-state index contributed by atoms with van der Waals surface area (Å²) in [5.41, 5.74) is 6.55. The average Bonchev–Trinajstić information content (AvgIpc) is 2.40. The topological polar surface area (TPSA) is 75.6 Å². The number of nitrogens with two attached hydrogens (primary N) is 1. The number of anilines is 2. The molecule has 110 valence electrons. The Kier molecular flexibility index (Phi) is 4.35. The van der Waals surface area contributed by atoms with Crippen LogP contribution < -0.4 is 10.6 Å². The van der Waals surface area contributed by atoms with Crippen LogP contribution in [-0.4, -0.2) is 42.0 Å². The molecule has 1 unspecified atom stereocenters. The van der Waals surface area contributed by atoms with Crippen molar-refractivity contribution < 1.29 is 4.92 Å². The first-order valence-electron chi connectivity index (χ1n) is 6.66. The van der Waals surface area contributed by atoms with Crippen molar-refractivity contribution in [1.29, 1.82) is 0 Å². The van der Waals surface area contributed by atoms with Crippen molar-refractivity contribution in [2.24, 2.45) is 0 Å². The third-order valence-corrected chi connectivity index (χ3v) is 4.06. The van der Waals surface area contributed by atoms with E-state index in [4.69, 9.17) is 17.3 Å². The molecule has 0 spiro atoms. The molecule has 20 heavy (non-hydrogen) atoms. The van der Waals surface area contributed by atoms with Gasteiger partial charge in [-0.05, 0) is 19.5 Å². The van der Waals surface area contributed by atoms with Crippen molar-refractivity contribution in [3.8, 4) is 0 Å². The van der Waals surface area contributed by atoms with Gasteiger partial charge in [-0.15, -0.1) is 0 Å². The number of hydrogen-bond donors (Lipinski definition) is 1. The lowest BCUT2D eigenvalue weighted by molar-refractivity contribution is -0.383. The van der Waals surface area contributed by atoms with Crippen molar-refractivity contribution in [1.82, 2.24) is 4.90 Å². The minimum absolute atomic E-state index is 0.140. The summed E-state index contributed by atoms with van der Waals surface area (Å²) < 4.78 is 0. The lowest BCUT2D eigenvalue weighted by Crippen LogP contribution is -2.51. The first kappa shape index (κ1) is 14.9. The zero-order valence-corrected chi connectivity index (χ0v) is 12.4. The molecule has 1 aromatic rings. The summed E-state index contributed by atoms with van der Waals surface area (Å²) in [6.07, 6.45) is 0. The quantitative estimate of drug-likeness (QED) is 0.527. The molecule has 0 aliphatic carbocycles. The number of halogens is 1. The molecule has 1 saturated heterocycles. The molecule has 1 aliphatic rings. The monoisotopic (exact) mass is 298 g/mol. The van der Waals surface area contributed by atoms with Crippen molar-refractivity contribution in [3.63, 3.8) is 0 Å². The molecule has 1 aromatic carbocycles. The Morgan fingerprint density at radius 2 is 2.20 bits per heavy atom. The lowest BCUT2D eigenvalue weighted by Gasteiger charge is -2.41. The van der Waals surface area contributed by atoms with E-state index in [1.54, 1.807) is 6.07 Å².